The van der Waals surface area contributed by atoms with Crippen molar-refractivity contribution in [3.63, 3.8) is 0 Å². The SMILES string of the molecule is CC1CCC(CO)=C(c2cccc(-n3ncc(C(=O)O)c3C(F)(F)F)n2)C1. The molecule has 0 spiro atoms. The van der Waals surface area contributed by atoms with Crippen LogP contribution in [-0.2, 0) is 6.18 Å². The van der Waals surface area contributed by atoms with E-state index >= 15 is 0 Å². The van der Waals surface area contributed by atoms with E-state index in [0.29, 0.717) is 35.3 Å². The number of pyridine rings is 1. The molecule has 2 aromatic rings. The zero-order chi connectivity index (χ0) is 19.8. The minimum absolute atomic E-state index is 0.129. The number of carboxylic acid groups (broad SMARTS) is 1. The van der Waals surface area contributed by atoms with Crippen molar-refractivity contribution in [1.82, 2.24) is 14.8 Å². The molecule has 1 aliphatic rings. The first kappa shape index (κ1) is 19.1. The first-order valence-corrected chi connectivity index (χ1v) is 8.40. The van der Waals surface area contributed by atoms with Gasteiger partial charge in [0.05, 0.1) is 18.5 Å². The third-order valence-electron chi connectivity index (χ3n) is 4.64. The summed E-state index contributed by atoms with van der Waals surface area (Å²) < 4.78 is 40.7. The van der Waals surface area contributed by atoms with Gasteiger partial charge in [0.25, 0.3) is 0 Å². The number of carbonyl (C=O) groups is 1. The lowest BCUT2D eigenvalue weighted by molar-refractivity contribution is -0.143. The number of aliphatic hydroxyl groups is 1. The second-order valence-corrected chi connectivity index (χ2v) is 6.59. The quantitative estimate of drug-likeness (QED) is 0.846. The Bertz CT molecular complexity index is 903. The highest BCUT2D eigenvalue weighted by atomic mass is 19.4. The standard InChI is InChI=1S/C18H18F3N3O3/c1-10-5-6-11(9-25)12(7-10)14-3-2-4-15(23-14)24-16(18(19,20)21)13(8-22-24)17(26)27/h2-4,8,10,25H,5-7,9H2,1H3,(H,26,27). The molecule has 1 aliphatic carbocycles. The Morgan fingerprint density at radius 3 is 2.74 bits per heavy atom. The van der Waals surface area contributed by atoms with E-state index in [4.69, 9.17) is 5.11 Å². The lowest BCUT2D eigenvalue weighted by atomic mass is 9.83. The van der Waals surface area contributed by atoms with E-state index in [-0.39, 0.29) is 12.4 Å². The molecule has 0 bridgehead atoms. The van der Waals surface area contributed by atoms with Crippen molar-refractivity contribution >= 4 is 11.5 Å². The fraction of sp³-hybridized carbons (Fsp3) is 0.389. The van der Waals surface area contributed by atoms with Crippen LogP contribution in [0.2, 0.25) is 0 Å². The zero-order valence-corrected chi connectivity index (χ0v) is 14.5. The Morgan fingerprint density at radius 2 is 2.11 bits per heavy atom. The van der Waals surface area contributed by atoms with Gasteiger partial charge in [0.1, 0.15) is 5.56 Å². The van der Waals surface area contributed by atoms with Crippen molar-refractivity contribution in [3.8, 4) is 5.82 Å². The number of nitrogens with zero attached hydrogens (tertiary/aromatic N) is 3. The number of allylic oxidation sites excluding steroid dienone is 1. The van der Waals surface area contributed by atoms with Crippen LogP contribution in [0.3, 0.4) is 0 Å². The summed E-state index contributed by atoms with van der Waals surface area (Å²) >= 11 is 0. The summed E-state index contributed by atoms with van der Waals surface area (Å²) in [6.07, 6.45) is -1.94. The van der Waals surface area contributed by atoms with Gasteiger partial charge in [0, 0.05) is 0 Å². The molecule has 0 saturated heterocycles. The van der Waals surface area contributed by atoms with Crippen molar-refractivity contribution in [3.05, 3.63) is 46.9 Å². The van der Waals surface area contributed by atoms with Crippen LogP contribution in [0.5, 0.6) is 0 Å². The van der Waals surface area contributed by atoms with Crippen LogP contribution >= 0.6 is 0 Å². The molecule has 27 heavy (non-hydrogen) atoms. The third kappa shape index (κ3) is 3.73. The second kappa shape index (κ2) is 7.15. The summed E-state index contributed by atoms with van der Waals surface area (Å²) in [4.78, 5) is 15.4. The average Bonchev–Trinajstić information content (AvgIpc) is 3.08. The van der Waals surface area contributed by atoms with Gasteiger partial charge < -0.3 is 10.2 Å². The smallest absolute Gasteiger partial charge is 0.434 e. The van der Waals surface area contributed by atoms with Crippen LogP contribution in [0.25, 0.3) is 11.4 Å². The van der Waals surface area contributed by atoms with Crippen molar-refractivity contribution in [1.29, 1.82) is 0 Å². The summed E-state index contributed by atoms with van der Waals surface area (Å²) in [6, 6.07) is 4.55. The lowest BCUT2D eigenvalue weighted by Gasteiger charge is -2.24. The molecule has 0 amide bonds. The van der Waals surface area contributed by atoms with Crippen LogP contribution < -0.4 is 0 Å². The second-order valence-electron chi connectivity index (χ2n) is 6.59. The number of aromatic nitrogens is 3. The van der Waals surface area contributed by atoms with Crippen molar-refractivity contribution in [2.24, 2.45) is 5.92 Å². The molecule has 0 aromatic carbocycles. The molecule has 0 radical (unpaired) electrons. The number of alkyl halides is 3. The summed E-state index contributed by atoms with van der Waals surface area (Å²) in [6.45, 7) is 1.93. The minimum atomic E-state index is -4.91. The number of carboxylic acids is 1. The topological polar surface area (TPSA) is 88.2 Å². The van der Waals surface area contributed by atoms with E-state index in [0.717, 1.165) is 17.6 Å². The highest BCUT2D eigenvalue weighted by Gasteiger charge is 2.41. The molecule has 2 aromatic heterocycles. The van der Waals surface area contributed by atoms with Gasteiger partial charge in [-0.3, -0.25) is 0 Å². The van der Waals surface area contributed by atoms with Gasteiger partial charge in [-0.15, -0.1) is 0 Å². The summed E-state index contributed by atoms with van der Waals surface area (Å²) in [5.74, 6) is -1.47. The highest BCUT2D eigenvalue weighted by molar-refractivity contribution is 5.89. The number of aromatic carboxylic acids is 1. The normalized spacial score (nSPS) is 18.0. The molecule has 2 heterocycles. The minimum Gasteiger partial charge on any atom is -0.478 e. The first-order valence-electron chi connectivity index (χ1n) is 8.40. The molecular formula is C18H18F3N3O3. The van der Waals surface area contributed by atoms with Crippen molar-refractivity contribution < 1.29 is 28.2 Å². The highest BCUT2D eigenvalue weighted by Crippen LogP contribution is 2.36. The molecule has 2 N–H and O–H groups in total. The van der Waals surface area contributed by atoms with Crippen LogP contribution in [0.1, 0.15) is 47.9 Å². The largest absolute Gasteiger partial charge is 0.478 e. The molecule has 0 aliphatic heterocycles. The Kier molecular flexibility index (Phi) is 5.05. The number of hydrogen-bond donors (Lipinski definition) is 2. The molecule has 1 unspecified atom stereocenters. The summed E-state index contributed by atoms with van der Waals surface area (Å²) in [7, 11) is 0. The molecule has 6 nitrogen and oxygen atoms in total. The van der Waals surface area contributed by atoms with Crippen LogP contribution in [0, 0.1) is 5.92 Å². The predicted octanol–water partition coefficient (Wildman–Crippen LogP) is 3.55. The van der Waals surface area contributed by atoms with Gasteiger partial charge >= 0.3 is 12.1 Å². The van der Waals surface area contributed by atoms with Crippen LogP contribution in [-0.4, -0.2) is 37.6 Å². The fourth-order valence-electron chi connectivity index (χ4n) is 3.29. The van der Waals surface area contributed by atoms with E-state index in [1.54, 1.807) is 12.1 Å². The number of hydrogen-bond acceptors (Lipinski definition) is 4. The summed E-state index contributed by atoms with van der Waals surface area (Å²) in [5.41, 5.74) is -0.217. The Balaban J connectivity index is 2.12. The monoisotopic (exact) mass is 381 g/mol. The van der Waals surface area contributed by atoms with E-state index in [1.807, 2.05) is 0 Å². The molecule has 0 fully saturated rings. The molecule has 1 atom stereocenters. The molecular weight excluding hydrogens is 363 g/mol. The Labute approximate surface area is 153 Å². The van der Waals surface area contributed by atoms with Crippen LogP contribution in [0.4, 0.5) is 13.2 Å². The number of rotatable bonds is 4. The molecule has 3 rings (SSSR count). The van der Waals surface area contributed by atoms with Gasteiger partial charge in [-0.1, -0.05) is 13.0 Å². The van der Waals surface area contributed by atoms with E-state index in [9.17, 15) is 23.1 Å². The zero-order valence-electron chi connectivity index (χ0n) is 14.5. The number of aliphatic hydroxyl groups excluding tert-OH is 1. The predicted molar refractivity (Wildman–Crippen MR) is 90.3 cm³/mol. The average molecular weight is 381 g/mol. The maximum absolute atomic E-state index is 13.4. The third-order valence-corrected chi connectivity index (χ3v) is 4.64. The Hall–Kier alpha value is -2.68. The summed E-state index contributed by atoms with van der Waals surface area (Å²) in [5, 5.41) is 22.2. The number of halogens is 3. The van der Waals surface area contributed by atoms with Gasteiger partial charge in [0.2, 0.25) is 0 Å². The molecule has 9 heteroatoms. The van der Waals surface area contributed by atoms with E-state index in [1.165, 1.54) is 6.07 Å². The van der Waals surface area contributed by atoms with Gasteiger partial charge in [-0.05, 0) is 48.5 Å². The maximum atomic E-state index is 13.4. The van der Waals surface area contributed by atoms with Crippen LogP contribution in [0.15, 0.2) is 30.0 Å². The fourth-order valence-corrected chi connectivity index (χ4v) is 3.29. The van der Waals surface area contributed by atoms with Crippen molar-refractivity contribution in [2.45, 2.75) is 32.4 Å². The maximum Gasteiger partial charge on any atom is 0.434 e. The van der Waals surface area contributed by atoms with Gasteiger partial charge in [0.15, 0.2) is 11.5 Å². The van der Waals surface area contributed by atoms with Gasteiger partial charge in [-0.2, -0.15) is 18.3 Å². The van der Waals surface area contributed by atoms with E-state index in [2.05, 4.69) is 17.0 Å². The lowest BCUT2D eigenvalue weighted by Crippen LogP contribution is -2.18. The Morgan fingerprint density at radius 1 is 1.37 bits per heavy atom. The first-order chi connectivity index (χ1) is 12.7. The molecule has 0 saturated carbocycles. The van der Waals surface area contributed by atoms with Crippen molar-refractivity contribution in [2.75, 3.05) is 6.61 Å². The van der Waals surface area contributed by atoms with Gasteiger partial charge in [-0.25, -0.2) is 14.5 Å². The van der Waals surface area contributed by atoms with E-state index < -0.39 is 23.4 Å². The molecule has 144 valence electrons.